The highest BCUT2D eigenvalue weighted by molar-refractivity contribution is 5.90. The topological polar surface area (TPSA) is 63.6 Å². The first-order chi connectivity index (χ1) is 10.7. The molecular formula is C19H30O4. The highest BCUT2D eigenvalue weighted by atomic mass is 16.5. The molecular weight excluding hydrogens is 292 g/mol. The zero-order chi connectivity index (χ0) is 17.3. The van der Waals surface area contributed by atoms with E-state index in [0.29, 0.717) is 11.8 Å². The third kappa shape index (κ3) is 3.17. The molecule has 0 radical (unpaired) electrons. The van der Waals surface area contributed by atoms with Crippen LogP contribution in [-0.2, 0) is 14.3 Å². The van der Waals surface area contributed by atoms with Gasteiger partial charge in [-0.15, -0.1) is 0 Å². The lowest BCUT2D eigenvalue weighted by molar-refractivity contribution is -0.155. The summed E-state index contributed by atoms with van der Waals surface area (Å²) in [6.07, 6.45) is 8.74. The van der Waals surface area contributed by atoms with Crippen LogP contribution in [0.5, 0.6) is 0 Å². The fraction of sp³-hybridized carbons (Fsp3) is 0.789. The Labute approximate surface area is 139 Å². The second kappa shape index (κ2) is 6.66. The van der Waals surface area contributed by atoms with E-state index in [0.717, 1.165) is 25.0 Å². The molecule has 2 bridgehead atoms. The van der Waals surface area contributed by atoms with Crippen LogP contribution in [0.2, 0.25) is 0 Å². The highest BCUT2D eigenvalue weighted by Crippen LogP contribution is 2.69. The summed E-state index contributed by atoms with van der Waals surface area (Å²) in [4.78, 5) is 22.6. The van der Waals surface area contributed by atoms with E-state index in [2.05, 4.69) is 27.7 Å². The van der Waals surface area contributed by atoms with Gasteiger partial charge in [0.05, 0.1) is 0 Å². The van der Waals surface area contributed by atoms with Crippen LogP contribution in [0, 0.1) is 22.7 Å². The maximum absolute atomic E-state index is 12.0. The molecule has 4 heteroatoms. The molecule has 0 aliphatic heterocycles. The van der Waals surface area contributed by atoms with Crippen LogP contribution >= 0.6 is 0 Å². The first-order valence-electron chi connectivity index (χ1n) is 8.85. The van der Waals surface area contributed by atoms with Gasteiger partial charge in [0.2, 0.25) is 0 Å². The minimum absolute atomic E-state index is 0.0126. The van der Waals surface area contributed by atoms with Crippen molar-refractivity contribution < 1.29 is 19.4 Å². The Morgan fingerprint density at radius 2 is 1.91 bits per heavy atom. The second-order valence-electron chi connectivity index (χ2n) is 7.97. The van der Waals surface area contributed by atoms with Crippen LogP contribution in [0.1, 0.15) is 66.2 Å². The molecule has 2 aliphatic rings. The zero-order valence-corrected chi connectivity index (χ0v) is 14.8. The first kappa shape index (κ1) is 18.0. The van der Waals surface area contributed by atoms with Gasteiger partial charge in [0.1, 0.15) is 6.10 Å². The molecule has 0 saturated heterocycles. The number of rotatable bonds is 7. The Kier molecular flexibility index (Phi) is 5.22. The van der Waals surface area contributed by atoms with E-state index >= 15 is 0 Å². The number of carboxylic acid groups (broad SMARTS) is 1. The average Bonchev–Trinajstić information content (AvgIpc) is 2.78. The van der Waals surface area contributed by atoms with E-state index in [9.17, 15) is 9.59 Å². The van der Waals surface area contributed by atoms with Crippen LogP contribution < -0.4 is 0 Å². The van der Waals surface area contributed by atoms with Crippen molar-refractivity contribution >= 4 is 11.9 Å². The molecule has 0 aromatic heterocycles. The lowest BCUT2D eigenvalue weighted by Gasteiger charge is -2.39. The van der Waals surface area contributed by atoms with Crippen LogP contribution in [-0.4, -0.2) is 23.1 Å². The molecule has 0 aromatic carbocycles. The first-order valence-corrected chi connectivity index (χ1v) is 8.85. The Morgan fingerprint density at radius 1 is 1.22 bits per heavy atom. The summed E-state index contributed by atoms with van der Waals surface area (Å²) in [5, 5.41) is 8.66. The number of esters is 1. The van der Waals surface area contributed by atoms with E-state index in [1.807, 2.05) is 0 Å². The molecule has 4 unspecified atom stereocenters. The zero-order valence-electron chi connectivity index (χ0n) is 14.8. The van der Waals surface area contributed by atoms with Crippen LogP contribution in [0.4, 0.5) is 0 Å². The predicted molar refractivity (Wildman–Crippen MR) is 88.9 cm³/mol. The molecule has 2 fully saturated rings. The molecule has 2 rings (SSSR count). The van der Waals surface area contributed by atoms with Crippen molar-refractivity contribution in [2.45, 2.75) is 72.3 Å². The average molecular weight is 322 g/mol. The van der Waals surface area contributed by atoms with Gasteiger partial charge in [-0.2, -0.15) is 0 Å². The van der Waals surface area contributed by atoms with Gasteiger partial charge in [-0.05, 0) is 36.5 Å². The number of hydrogen-bond donors (Lipinski definition) is 1. The predicted octanol–water partition coefficient (Wildman–Crippen LogP) is 4.19. The van der Waals surface area contributed by atoms with Gasteiger partial charge in [-0.25, -0.2) is 9.59 Å². The molecule has 4 atom stereocenters. The van der Waals surface area contributed by atoms with Gasteiger partial charge in [-0.3, -0.25) is 0 Å². The maximum atomic E-state index is 12.0. The molecule has 0 amide bonds. The molecule has 0 heterocycles. The van der Waals surface area contributed by atoms with E-state index in [1.165, 1.54) is 25.7 Å². The summed E-state index contributed by atoms with van der Waals surface area (Å²) >= 11 is 0. The summed E-state index contributed by atoms with van der Waals surface area (Å²) in [6.45, 7) is 9.04. The number of unbranched alkanes of at least 4 members (excludes halogenated alkanes) is 2. The minimum atomic E-state index is -1.12. The number of hydrogen-bond acceptors (Lipinski definition) is 3. The third-order valence-corrected chi connectivity index (χ3v) is 6.65. The normalized spacial score (nSPS) is 34.9. The van der Waals surface area contributed by atoms with Gasteiger partial charge in [0.25, 0.3) is 0 Å². The number of carboxylic acids is 1. The molecule has 23 heavy (non-hydrogen) atoms. The number of fused-ring (bicyclic) bond motifs is 2. The Bertz CT molecular complexity index is 494. The highest BCUT2D eigenvalue weighted by Gasteiger charge is 2.67. The number of ether oxygens (including phenoxy) is 1. The Balaban J connectivity index is 2.15. The minimum Gasteiger partial charge on any atom is -0.478 e. The molecule has 0 aromatic rings. The van der Waals surface area contributed by atoms with Crippen LogP contribution in [0.15, 0.2) is 12.2 Å². The van der Waals surface area contributed by atoms with Gasteiger partial charge in [-0.1, -0.05) is 47.0 Å². The monoisotopic (exact) mass is 322 g/mol. The number of carbonyl (C=O) groups is 2. The standard InChI is InChI=1S/C19H30O4/c1-5-6-7-8-13-14-11-12-19(4,18(14,2)3)17(13)23-16(22)10-9-15(20)21/h9-10,13-14,17H,5-8,11-12H2,1-4H3,(H,20,21)/b10-9+. The van der Waals surface area contributed by atoms with Crippen molar-refractivity contribution in [1.29, 1.82) is 0 Å². The SMILES string of the molecule is CCCCCC1C2CCC(C)(C1OC(=O)/C=C/C(=O)O)C2(C)C. The van der Waals surface area contributed by atoms with E-state index in [4.69, 9.17) is 9.84 Å². The van der Waals surface area contributed by atoms with Crippen LogP contribution in [0.3, 0.4) is 0 Å². The van der Waals surface area contributed by atoms with Crippen LogP contribution in [0.25, 0.3) is 0 Å². The van der Waals surface area contributed by atoms with E-state index < -0.39 is 11.9 Å². The molecule has 130 valence electrons. The molecule has 0 spiro atoms. The maximum Gasteiger partial charge on any atom is 0.331 e. The molecule has 4 nitrogen and oxygen atoms in total. The summed E-state index contributed by atoms with van der Waals surface area (Å²) in [5.74, 6) is -0.661. The number of aliphatic carboxylic acids is 1. The Morgan fingerprint density at radius 3 is 2.52 bits per heavy atom. The van der Waals surface area contributed by atoms with Gasteiger partial charge in [0, 0.05) is 17.6 Å². The van der Waals surface area contributed by atoms with Crippen molar-refractivity contribution in [3.05, 3.63) is 12.2 Å². The summed E-state index contributed by atoms with van der Waals surface area (Å²) in [7, 11) is 0. The third-order valence-electron chi connectivity index (χ3n) is 6.65. The van der Waals surface area contributed by atoms with Crippen molar-refractivity contribution in [1.82, 2.24) is 0 Å². The summed E-state index contributed by atoms with van der Waals surface area (Å²) < 4.78 is 5.79. The largest absolute Gasteiger partial charge is 0.478 e. The fourth-order valence-electron chi connectivity index (χ4n) is 5.01. The lowest BCUT2D eigenvalue weighted by atomic mass is 9.70. The Hall–Kier alpha value is -1.32. The molecule has 2 aliphatic carbocycles. The second-order valence-corrected chi connectivity index (χ2v) is 7.97. The van der Waals surface area contributed by atoms with Gasteiger partial charge < -0.3 is 9.84 Å². The van der Waals surface area contributed by atoms with E-state index in [1.54, 1.807) is 0 Å². The quantitative estimate of drug-likeness (QED) is 0.433. The van der Waals surface area contributed by atoms with Gasteiger partial charge in [0.15, 0.2) is 0 Å². The number of carbonyl (C=O) groups excluding carboxylic acids is 1. The van der Waals surface area contributed by atoms with Crippen molar-refractivity contribution in [3.8, 4) is 0 Å². The summed E-state index contributed by atoms with van der Waals surface area (Å²) in [6, 6.07) is 0. The fourth-order valence-corrected chi connectivity index (χ4v) is 5.01. The molecule has 2 saturated carbocycles. The van der Waals surface area contributed by atoms with E-state index in [-0.39, 0.29) is 16.9 Å². The molecule has 1 N–H and O–H groups in total. The summed E-state index contributed by atoms with van der Waals surface area (Å²) in [5.41, 5.74) is 0.145. The van der Waals surface area contributed by atoms with Crippen molar-refractivity contribution in [2.24, 2.45) is 22.7 Å². The van der Waals surface area contributed by atoms with Gasteiger partial charge >= 0.3 is 11.9 Å². The van der Waals surface area contributed by atoms with Crippen molar-refractivity contribution in [3.63, 3.8) is 0 Å². The lowest BCUT2D eigenvalue weighted by Crippen LogP contribution is -2.40. The smallest absolute Gasteiger partial charge is 0.331 e. The van der Waals surface area contributed by atoms with Crippen molar-refractivity contribution in [2.75, 3.05) is 0 Å².